The van der Waals surface area contributed by atoms with Crippen molar-refractivity contribution in [3.8, 4) is 6.07 Å². The zero-order valence-corrected chi connectivity index (χ0v) is 18.7. The van der Waals surface area contributed by atoms with Crippen LogP contribution in [0.2, 0.25) is 5.02 Å². The molecule has 0 aliphatic carbocycles. The number of hydrogen-bond donors (Lipinski definition) is 2. The highest BCUT2D eigenvalue weighted by atomic mass is 35.5. The van der Waals surface area contributed by atoms with Gasteiger partial charge in [-0.2, -0.15) is 5.26 Å². The summed E-state index contributed by atoms with van der Waals surface area (Å²) in [5, 5.41) is 23.7. The monoisotopic (exact) mass is 454 g/mol. The number of halogens is 3. The number of nitrogens with zero attached hydrogens (tertiary/aromatic N) is 1. The molecule has 2 unspecified atom stereocenters. The van der Waals surface area contributed by atoms with Crippen molar-refractivity contribution in [3.05, 3.63) is 106 Å². The third kappa shape index (κ3) is 6.14. The van der Waals surface area contributed by atoms with E-state index in [1.807, 2.05) is 49.4 Å². The lowest BCUT2D eigenvalue weighted by atomic mass is 9.85. The van der Waals surface area contributed by atoms with Gasteiger partial charge in [-0.3, -0.25) is 0 Å². The van der Waals surface area contributed by atoms with Crippen molar-refractivity contribution in [2.24, 2.45) is 0 Å². The summed E-state index contributed by atoms with van der Waals surface area (Å²) in [5.74, 6) is -1.47. The molecule has 0 aromatic heterocycles. The van der Waals surface area contributed by atoms with E-state index in [9.17, 15) is 19.1 Å². The summed E-state index contributed by atoms with van der Waals surface area (Å²) in [6.07, 6.45) is -0.246. The Labute approximate surface area is 192 Å². The molecule has 2 N–H and O–H groups in total. The fraction of sp³-hybridized carbons (Fsp3) is 0.269. The molecule has 0 saturated heterocycles. The molecule has 4 atom stereocenters. The minimum Gasteiger partial charge on any atom is -0.391 e. The SMILES string of the molecule is CC(O)C(N[C@@H](C)[C@@H](Cc1ccc(Cl)cc1)c1cccc(C#N)c1)c1cc(F)cc(F)c1. The van der Waals surface area contributed by atoms with E-state index in [1.165, 1.54) is 12.1 Å². The minimum absolute atomic E-state index is 0.0795. The summed E-state index contributed by atoms with van der Waals surface area (Å²) in [7, 11) is 0. The van der Waals surface area contributed by atoms with Crippen LogP contribution in [-0.2, 0) is 6.42 Å². The fourth-order valence-corrected chi connectivity index (χ4v) is 4.09. The average Bonchev–Trinajstić information content (AvgIpc) is 2.76. The van der Waals surface area contributed by atoms with Crippen molar-refractivity contribution in [1.82, 2.24) is 5.32 Å². The van der Waals surface area contributed by atoms with Crippen molar-refractivity contribution in [1.29, 1.82) is 5.26 Å². The molecule has 0 radical (unpaired) electrons. The van der Waals surface area contributed by atoms with Crippen molar-refractivity contribution in [3.63, 3.8) is 0 Å². The predicted octanol–water partition coefficient (Wildman–Crippen LogP) is 5.92. The molecule has 0 aliphatic rings. The van der Waals surface area contributed by atoms with Gasteiger partial charge in [-0.15, -0.1) is 0 Å². The van der Waals surface area contributed by atoms with Gasteiger partial charge >= 0.3 is 0 Å². The largest absolute Gasteiger partial charge is 0.391 e. The first-order chi connectivity index (χ1) is 15.3. The molecule has 0 amide bonds. The zero-order chi connectivity index (χ0) is 23.3. The second kappa shape index (κ2) is 10.7. The van der Waals surface area contributed by atoms with E-state index in [-0.39, 0.29) is 12.0 Å². The second-order valence-electron chi connectivity index (χ2n) is 8.05. The summed E-state index contributed by atoms with van der Waals surface area (Å²) in [5.41, 5.74) is 2.89. The molecule has 166 valence electrons. The first-order valence-corrected chi connectivity index (χ1v) is 10.8. The normalized spacial score (nSPS) is 14.9. The Morgan fingerprint density at radius 3 is 2.22 bits per heavy atom. The number of nitriles is 1. The number of benzene rings is 3. The van der Waals surface area contributed by atoms with Gasteiger partial charge in [0.05, 0.1) is 23.8 Å². The van der Waals surface area contributed by atoms with E-state index in [2.05, 4.69) is 11.4 Å². The van der Waals surface area contributed by atoms with E-state index in [0.717, 1.165) is 17.2 Å². The molecule has 32 heavy (non-hydrogen) atoms. The minimum atomic E-state index is -0.889. The Hall–Kier alpha value is -2.78. The van der Waals surface area contributed by atoms with Crippen LogP contribution < -0.4 is 5.32 Å². The Morgan fingerprint density at radius 1 is 0.969 bits per heavy atom. The fourth-order valence-electron chi connectivity index (χ4n) is 3.96. The molecule has 3 rings (SSSR count). The molecule has 0 bridgehead atoms. The van der Waals surface area contributed by atoms with Crippen LogP contribution in [0.15, 0.2) is 66.7 Å². The van der Waals surface area contributed by atoms with E-state index < -0.39 is 23.8 Å². The molecule has 0 spiro atoms. The van der Waals surface area contributed by atoms with Gasteiger partial charge < -0.3 is 10.4 Å². The van der Waals surface area contributed by atoms with Crippen LogP contribution in [-0.4, -0.2) is 17.3 Å². The molecule has 3 aromatic carbocycles. The second-order valence-corrected chi connectivity index (χ2v) is 8.49. The summed E-state index contributed by atoms with van der Waals surface area (Å²) < 4.78 is 27.7. The quantitative estimate of drug-likeness (QED) is 0.444. The first-order valence-electron chi connectivity index (χ1n) is 10.4. The Balaban J connectivity index is 1.94. The number of aliphatic hydroxyl groups is 1. The Kier molecular flexibility index (Phi) is 7.98. The van der Waals surface area contributed by atoms with Crippen LogP contribution in [0.5, 0.6) is 0 Å². The summed E-state index contributed by atoms with van der Waals surface area (Å²) in [4.78, 5) is 0. The lowest BCUT2D eigenvalue weighted by Gasteiger charge is -2.32. The van der Waals surface area contributed by atoms with Gasteiger partial charge in [0, 0.05) is 23.0 Å². The zero-order valence-electron chi connectivity index (χ0n) is 17.9. The molecule has 0 fully saturated rings. The van der Waals surface area contributed by atoms with Gasteiger partial charge in [-0.25, -0.2) is 8.78 Å². The van der Waals surface area contributed by atoms with Crippen molar-refractivity contribution >= 4 is 11.6 Å². The lowest BCUT2D eigenvalue weighted by molar-refractivity contribution is 0.136. The summed E-state index contributed by atoms with van der Waals surface area (Å²) in [6, 6.07) is 19.5. The molecule has 6 heteroatoms. The highest BCUT2D eigenvalue weighted by Gasteiger charge is 2.26. The van der Waals surface area contributed by atoms with Crippen molar-refractivity contribution in [2.45, 2.75) is 44.4 Å². The maximum Gasteiger partial charge on any atom is 0.126 e. The number of rotatable bonds is 8. The maximum atomic E-state index is 13.8. The van der Waals surface area contributed by atoms with Gasteiger partial charge in [-0.1, -0.05) is 35.9 Å². The van der Waals surface area contributed by atoms with Gasteiger partial charge in [0.15, 0.2) is 0 Å². The van der Waals surface area contributed by atoms with E-state index >= 15 is 0 Å². The molecule has 0 saturated carbocycles. The van der Waals surface area contributed by atoms with Gasteiger partial charge in [0.1, 0.15) is 11.6 Å². The predicted molar refractivity (Wildman–Crippen MR) is 122 cm³/mol. The molecular weight excluding hydrogens is 430 g/mol. The number of aliphatic hydroxyl groups excluding tert-OH is 1. The number of hydrogen-bond acceptors (Lipinski definition) is 3. The van der Waals surface area contributed by atoms with E-state index in [0.29, 0.717) is 22.6 Å². The van der Waals surface area contributed by atoms with E-state index in [1.54, 1.807) is 13.0 Å². The van der Waals surface area contributed by atoms with Crippen molar-refractivity contribution < 1.29 is 13.9 Å². The molecule has 0 aliphatic heterocycles. The van der Waals surface area contributed by atoms with Crippen LogP contribution in [0, 0.1) is 23.0 Å². The first kappa shape index (κ1) is 23.9. The Morgan fingerprint density at radius 2 is 1.62 bits per heavy atom. The topological polar surface area (TPSA) is 56.0 Å². The third-order valence-corrected chi connectivity index (χ3v) is 5.84. The van der Waals surface area contributed by atoms with Crippen LogP contribution in [0.1, 0.15) is 48.1 Å². The highest BCUT2D eigenvalue weighted by molar-refractivity contribution is 6.30. The van der Waals surface area contributed by atoms with E-state index in [4.69, 9.17) is 11.6 Å². The third-order valence-electron chi connectivity index (χ3n) is 5.59. The average molecular weight is 455 g/mol. The standard InChI is InChI=1S/C26H25ClF2N2O/c1-16(31-26(17(2)32)21-12-23(28)14-24(29)13-21)25(11-18-6-8-22(27)9-7-18)20-5-3-4-19(10-20)15-30/h3-10,12-14,16-17,25-26,31-32H,11H2,1-2H3/t16-,17?,25+,26?/m0/s1. The van der Waals surface area contributed by atoms with Gasteiger partial charge in [0.25, 0.3) is 0 Å². The lowest BCUT2D eigenvalue weighted by Crippen LogP contribution is -2.40. The van der Waals surface area contributed by atoms with Crippen LogP contribution in [0.25, 0.3) is 0 Å². The molecule has 0 heterocycles. The summed E-state index contributed by atoms with van der Waals surface area (Å²) in [6.45, 7) is 3.54. The molecule has 3 aromatic rings. The summed E-state index contributed by atoms with van der Waals surface area (Å²) >= 11 is 6.03. The highest BCUT2D eigenvalue weighted by Crippen LogP contribution is 2.29. The number of nitrogens with one attached hydrogen (secondary N) is 1. The smallest absolute Gasteiger partial charge is 0.126 e. The Bertz CT molecular complexity index is 1080. The molecular formula is C26H25ClF2N2O. The van der Waals surface area contributed by atoms with Gasteiger partial charge in [-0.05, 0) is 73.4 Å². The van der Waals surface area contributed by atoms with Crippen molar-refractivity contribution in [2.75, 3.05) is 0 Å². The molecule has 3 nitrogen and oxygen atoms in total. The van der Waals surface area contributed by atoms with Crippen LogP contribution in [0.3, 0.4) is 0 Å². The maximum absolute atomic E-state index is 13.8. The van der Waals surface area contributed by atoms with Crippen LogP contribution in [0.4, 0.5) is 8.78 Å². The van der Waals surface area contributed by atoms with Crippen LogP contribution >= 0.6 is 11.6 Å². The van der Waals surface area contributed by atoms with Gasteiger partial charge in [0.2, 0.25) is 0 Å².